The Morgan fingerprint density at radius 1 is 0.750 bits per heavy atom. The third-order valence-electron chi connectivity index (χ3n) is 4.88. The first-order valence-electron chi connectivity index (χ1n) is 11.0. The smallest absolute Gasteiger partial charge is 0.338 e. The van der Waals surface area contributed by atoms with Gasteiger partial charge in [-0.15, -0.1) is 0 Å². The van der Waals surface area contributed by atoms with Crippen LogP contribution in [0.3, 0.4) is 0 Å². The highest BCUT2D eigenvalue weighted by molar-refractivity contribution is 5.95. The van der Waals surface area contributed by atoms with Gasteiger partial charge in [0, 0.05) is 0 Å². The quantitative estimate of drug-likeness (QED) is 0.261. The highest BCUT2D eigenvalue weighted by atomic mass is 16.5. The van der Waals surface area contributed by atoms with Crippen LogP contribution in [0.4, 0.5) is 0 Å². The minimum absolute atomic E-state index is 0.122. The SMILES string of the molecule is CCCCCC[C@@H](C)OC(=O)c1cccc(C(=O)O[C@H](C)CCCCCC)c1. The van der Waals surface area contributed by atoms with Gasteiger partial charge in [-0.05, 0) is 57.7 Å². The predicted molar refractivity (Wildman–Crippen MR) is 114 cm³/mol. The monoisotopic (exact) mass is 390 g/mol. The second-order valence-corrected chi connectivity index (χ2v) is 7.71. The number of carbonyl (C=O) groups excluding carboxylic acids is 2. The molecular formula is C24H38O4. The molecule has 0 saturated carbocycles. The predicted octanol–water partition coefficient (Wildman–Crippen LogP) is 6.72. The van der Waals surface area contributed by atoms with E-state index in [4.69, 9.17) is 9.47 Å². The highest BCUT2D eigenvalue weighted by Crippen LogP contribution is 2.15. The molecule has 0 unspecified atom stereocenters. The van der Waals surface area contributed by atoms with E-state index in [1.54, 1.807) is 24.3 Å². The molecule has 0 aliphatic heterocycles. The molecular weight excluding hydrogens is 352 g/mol. The van der Waals surface area contributed by atoms with Gasteiger partial charge in [0.05, 0.1) is 23.3 Å². The molecule has 0 bridgehead atoms. The molecule has 2 atom stereocenters. The van der Waals surface area contributed by atoms with Crippen molar-refractivity contribution in [2.75, 3.05) is 0 Å². The zero-order chi connectivity index (χ0) is 20.8. The number of esters is 2. The second-order valence-electron chi connectivity index (χ2n) is 7.71. The Labute approximate surface area is 171 Å². The van der Waals surface area contributed by atoms with E-state index in [0.717, 1.165) is 38.5 Å². The van der Waals surface area contributed by atoms with E-state index in [9.17, 15) is 9.59 Å². The lowest BCUT2D eigenvalue weighted by molar-refractivity contribution is 0.0318. The van der Waals surface area contributed by atoms with Crippen molar-refractivity contribution in [2.45, 2.75) is 104 Å². The summed E-state index contributed by atoms with van der Waals surface area (Å²) in [6, 6.07) is 6.62. The standard InChI is InChI=1S/C24H38O4/c1-5-7-9-11-14-19(3)27-23(25)21-16-13-17-22(18-21)24(26)28-20(4)15-12-10-8-6-2/h13,16-20H,5-12,14-15H2,1-4H3/t19-,20-/m1/s1. The molecule has 0 amide bonds. The number of unbranched alkanes of at least 4 members (excludes halogenated alkanes) is 6. The van der Waals surface area contributed by atoms with E-state index >= 15 is 0 Å². The van der Waals surface area contributed by atoms with Crippen LogP contribution >= 0.6 is 0 Å². The molecule has 0 heterocycles. The summed E-state index contributed by atoms with van der Waals surface area (Å²) in [6.07, 6.45) is 10.7. The molecule has 0 radical (unpaired) electrons. The van der Waals surface area contributed by atoms with Gasteiger partial charge >= 0.3 is 11.9 Å². The average molecular weight is 391 g/mol. The molecule has 0 aliphatic carbocycles. The zero-order valence-electron chi connectivity index (χ0n) is 18.2. The van der Waals surface area contributed by atoms with E-state index in [1.165, 1.54) is 25.7 Å². The van der Waals surface area contributed by atoms with Crippen molar-refractivity contribution in [3.63, 3.8) is 0 Å². The fourth-order valence-corrected chi connectivity index (χ4v) is 3.11. The number of rotatable bonds is 14. The molecule has 1 aromatic carbocycles. The molecule has 0 aliphatic rings. The molecule has 0 spiro atoms. The maximum absolute atomic E-state index is 12.4. The van der Waals surface area contributed by atoms with Crippen LogP contribution in [0.1, 0.15) is 113 Å². The lowest BCUT2D eigenvalue weighted by Gasteiger charge is -2.15. The van der Waals surface area contributed by atoms with Gasteiger partial charge in [-0.3, -0.25) is 0 Å². The van der Waals surface area contributed by atoms with E-state index in [-0.39, 0.29) is 24.1 Å². The van der Waals surface area contributed by atoms with Gasteiger partial charge < -0.3 is 9.47 Å². The average Bonchev–Trinajstić information content (AvgIpc) is 2.68. The number of hydrogen-bond acceptors (Lipinski definition) is 4. The molecule has 1 rings (SSSR count). The topological polar surface area (TPSA) is 52.6 Å². The van der Waals surface area contributed by atoms with Gasteiger partial charge in [-0.1, -0.05) is 58.4 Å². The van der Waals surface area contributed by atoms with Gasteiger partial charge in [-0.25, -0.2) is 9.59 Å². The van der Waals surface area contributed by atoms with Crippen LogP contribution in [0.2, 0.25) is 0 Å². The van der Waals surface area contributed by atoms with Gasteiger partial charge in [0.15, 0.2) is 0 Å². The largest absolute Gasteiger partial charge is 0.459 e. The van der Waals surface area contributed by atoms with Gasteiger partial charge in [0.25, 0.3) is 0 Å². The Morgan fingerprint density at radius 2 is 1.18 bits per heavy atom. The fraction of sp³-hybridized carbons (Fsp3) is 0.667. The molecule has 28 heavy (non-hydrogen) atoms. The van der Waals surface area contributed by atoms with Crippen molar-refractivity contribution < 1.29 is 19.1 Å². The molecule has 0 saturated heterocycles. The molecule has 1 aromatic rings. The molecule has 0 aromatic heterocycles. The van der Waals surface area contributed by atoms with Crippen LogP contribution < -0.4 is 0 Å². The Hall–Kier alpha value is -1.84. The second kappa shape index (κ2) is 14.2. The van der Waals surface area contributed by atoms with Crippen molar-refractivity contribution in [1.82, 2.24) is 0 Å². The number of hydrogen-bond donors (Lipinski definition) is 0. The third-order valence-corrected chi connectivity index (χ3v) is 4.88. The Morgan fingerprint density at radius 3 is 1.57 bits per heavy atom. The van der Waals surface area contributed by atoms with Crippen LogP contribution in [0.15, 0.2) is 24.3 Å². The lowest BCUT2D eigenvalue weighted by Crippen LogP contribution is -2.17. The van der Waals surface area contributed by atoms with E-state index < -0.39 is 0 Å². The minimum atomic E-state index is -0.384. The summed E-state index contributed by atoms with van der Waals surface area (Å²) in [7, 11) is 0. The Kier molecular flexibility index (Phi) is 12.3. The maximum Gasteiger partial charge on any atom is 0.338 e. The van der Waals surface area contributed by atoms with Crippen molar-refractivity contribution >= 4 is 11.9 Å². The van der Waals surface area contributed by atoms with Crippen molar-refractivity contribution in [3.05, 3.63) is 35.4 Å². The van der Waals surface area contributed by atoms with Gasteiger partial charge in [0.2, 0.25) is 0 Å². The van der Waals surface area contributed by atoms with E-state index in [1.807, 2.05) is 13.8 Å². The summed E-state index contributed by atoms with van der Waals surface area (Å²) >= 11 is 0. The molecule has 0 fully saturated rings. The third kappa shape index (κ3) is 9.91. The van der Waals surface area contributed by atoms with Gasteiger partial charge in [0.1, 0.15) is 0 Å². The highest BCUT2D eigenvalue weighted by Gasteiger charge is 2.16. The Bertz CT molecular complexity index is 534. The fourth-order valence-electron chi connectivity index (χ4n) is 3.11. The lowest BCUT2D eigenvalue weighted by atomic mass is 10.1. The molecule has 4 heteroatoms. The van der Waals surface area contributed by atoms with E-state index in [0.29, 0.717) is 11.1 Å². The summed E-state index contributed by atoms with van der Waals surface area (Å²) in [5.74, 6) is -0.768. The van der Waals surface area contributed by atoms with Crippen LogP contribution in [-0.4, -0.2) is 24.1 Å². The summed E-state index contributed by atoms with van der Waals surface area (Å²) in [4.78, 5) is 24.7. The molecule has 4 nitrogen and oxygen atoms in total. The first-order valence-corrected chi connectivity index (χ1v) is 11.0. The minimum Gasteiger partial charge on any atom is -0.459 e. The van der Waals surface area contributed by atoms with Crippen molar-refractivity contribution in [1.29, 1.82) is 0 Å². The van der Waals surface area contributed by atoms with E-state index in [2.05, 4.69) is 13.8 Å². The number of carbonyl (C=O) groups is 2. The first-order chi connectivity index (χ1) is 13.5. The van der Waals surface area contributed by atoms with Crippen LogP contribution in [-0.2, 0) is 9.47 Å². The number of ether oxygens (including phenoxy) is 2. The Balaban J connectivity index is 2.50. The van der Waals surface area contributed by atoms with Crippen LogP contribution in [0, 0.1) is 0 Å². The van der Waals surface area contributed by atoms with Crippen LogP contribution in [0.5, 0.6) is 0 Å². The normalized spacial score (nSPS) is 13.0. The van der Waals surface area contributed by atoms with Crippen LogP contribution in [0.25, 0.3) is 0 Å². The van der Waals surface area contributed by atoms with Crippen molar-refractivity contribution in [2.24, 2.45) is 0 Å². The van der Waals surface area contributed by atoms with Crippen molar-refractivity contribution in [3.8, 4) is 0 Å². The summed E-state index contributed by atoms with van der Waals surface area (Å²) < 4.78 is 11.0. The summed E-state index contributed by atoms with van der Waals surface area (Å²) in [6.45, 7) is 8.19. The van der Waals surface area contributed by atoms with Gasteiger partial charge in [-0.2, -0.15) is 0 Å². The summed E-state index contributed by atoms with van der Waals surface area (Å²) in [5, 5.41) is 0. The zero-order valence-corrected chi connectivity index (χ0v) is 18.2. The first kappa shape index (κ1) is 24.2. The number of benzene rings is 1. The molecule has 0 N–H and O–H groups in total. The summed E-state index contributed by atoms with van der Waals surface area (Å²) in [5.41, 5.74) is 0.788. The maximum atomic E-state index is 12.4. The molecule has 158 valence electrons.